The SMILES string of the molecule is CC(C)CC[C@@H](c1ccc(Br)o1)N1CCNCC1.Cl.Cl. The van der Waals surface area contributed by atoms with Gasteiger partial charge in [0.1, 0.15) is 5.76 Å². The number of halogens is 3. The fourth-order valence-electron chi connectivity index (χ4n) is 2.50. The third-order valence-corrected chi connectivity index (χ3v) is 3.96. The van der Waals surface area contributed by atoms with Crippen LogP contribution in [0.2, 0.25) is 0 Å². The number of furan rings is 1. The van der Waals surface area contributed by atoms with Crippen LogP contribution in [0.5, 0.6) is 0 Å². The molecule has 118 valence electrons. The molecular weight excluding hydrogens is 363 g/mol. The molecule has 0 amide bonds. The third-order valence-electron chi connectivity index (χ3n) is 3.53. The second-order valence-corrected chi connectivity index (χ2v) is 6.20. The van der Waals surface area contributed by atoms with E-state index in [0.717, 1.165) is 42.5 Å². The molecule has 3 nitrogen and oxygen atoms in total. The number of nitrogens with zero attached hydrogens (tertiary/aromatic N) is 1. The molecule has 0 aliphatic carbocycles. The van der Waals surface area contributed by atoms with Gasteiger partial charge in [0.25, 0.3) is 0 Å². The van der Waals surface area contributed by atoms with Crippen LogP contribution < -0.4 is 5.32 Å². The highest BCUT2D eigenvalue weighted by Gasteiger charge is 2.24. The number of hydrogen-bond acceptors (Lipinski definition) is 3. The van der Waals surface area contributed by atoms with E-state index in [1.807, 2.05) is 6.07 Å². The fourth-order valence-corrected chi connectivity index (χ4v) is 2.82. The van der Waals surface area contributed by atoms with Crippen molar-refractivity contribution >= 4 is 40.7 Å². The summed E-state index contributed by atoms with van der Waals surface area (Å²) in [7, 11) is 0. The summed E-state index contributed by atoms with van der Waals surface area (Å²) < 4.78 is 6.62. The number of hydrogen-bond donors (Lipinski definition) is 1. The molecule has 0 spiro atoms. The average Bonchev–Trinajstić information content (AvgIpc) is 2.77. The molecule has 1 N–H and O–H groups in total. The largest absolute Gasteiger partial charge is 0.453 e. The summed E-state index contributed by atoms with van der Waals surface area (Å²) >= 11 is 3.41. The lowest BCUT2D eigenvalue weighted by atomic mass is 10.00. The van der Waals surface area contributed by atoms with Gasteiger partial charge in [0.2, 0.25) is 0 Å². The fraction of sp³-hybridized carbons (Fsp3) is 0.714. The number of nitrogens with one attached hydrogen (secondary N) is 1. The lowest BCUT2D eigenvalue weighted by molar-refractivity contribution is 0.140. The molecular formula is C14H25BrCl2N2O. The first kappa shape index (κ1) is 20.3. The van der Waals surface area contributed by atoms with Crippen LogP contribution in [0, 0.1) is 5.92 Å². The first-order chi connectivity index (χ1) is 8.66. The molecule has 2 rings (SSSR count). The Morgan fingerprint density at radius 3 is 2.35 bits per heavy atom. The van der Waals surface area contributed by atoms with E-state index in [-0.39, 0.29) is 24.8 Å². The van der Waals surface area contributed by atoms with Gasteiger partial charge >= 0.3 is 0 Å². The molecule has 0 aromatic carbocycles. The summed E-state index contributed by atoms with van der Waals surface area (Å²) in [4.78, 5) is 2.55. The van der Waals surface area contributed by atoms with Crippen LogP contribution in [0.4, 0.5) is 0 Å². The molecule has 20 heavy (non-hydrogen) atoms. The van der Waals surface area contributed by atoms with Crippen molar-refractivity contribution in [1.29, 1.82) is 0 Å². The second kappa shape index (κ2) is 10.1. The van der Waals surface area contributed by atoms with Crippen molar-refractivity contribution in [3.8, 4) is 0 Å². The first-order valence-electron chi connectivity index (χ1n) is 6.87. The van der Waals surface area contributed by atoms with Gasteiger partial charge in [-0.25, -0.2) is 0 Å². The van der Waals surface area contributed by atoms with Crippen LogP contribution in [-0.4, -0.2) is 31.1 Å². The van der Waals surface area contributed by atoms with Gasteiger partial charge in [0.05, 0.1) is 6.04 Å². The van der Waals surface area contributed by atoms with Crippen molar-refractivity contribution in [3.05, 3.63) is 22.6 Å². The number of rotatable bonds is 5. The minimum absolute atomic E-state index is 0. The Hall–Kier alpha value is 0.260. The monoisotopic (exact) mass is 386 g/mol. The maximum atomic E-state index is 5.79. The Morgan fingerprint density at radius 2 is 1.85 bits per heavy atom. The quantitative estimate of drug-likeness (QED) is 0.817. The molecule has 6 heteroatoms. The zero-order chi connectivity index (χ0) is 13.0. The highest BCUT2D eigenvalue weighted by Crippen LogP contribution is 2.30. The van der Waals surface area contributed by atoms with E-state index in [4.69, 9.17) is 4.42 Å². The molecule has 0 bridgehead atoms. The molecule has 1 atom stereocenters. The smallest absolute Gasteiger partial charge is 0.169 e. The predicted molar refractivity (Wildman–Crippen MR) is 92.2 cm³/mol. The Labute approximate surface area is 142 Å². The summed E-state index contributed by atoms with van der Waals surface area (Å²) in [6.45, 7) is 8.96. The highest BCUT2D eigenvalue weighted by molar-refractivity contribution is 9.10. The van der Waals surface area contributed by atoms with E-state index in [2.05, 4.69) is 46.1 Å². The minimum atomic E-state index is 0. The van der Waals surface area contributed by atoms with Crippen LogP contribution in [0.1, 0.15) is 38.5 Å². The van der Waals surface area contributed by atoms with Gasteiger partial charge in [-0.2, -0.15) is 0 Å². The van der Waals surface area contributed by atoms with Gasteiger partial charge in [-0.15, -0.1) is 24.8 Å². The van der Waals surface area contributed by atoms with E-state index >= 15 is 0 Å². The summed E-state index contributed by atoms with van der Waals surface area (Å²) in [5, 5.41) is 3.41. The summed E-state index contributed by atoms with van der Waals surface area (Å²) in [5.74, 6) is 1.85. The van der Waals surface area contributed by atoms with Crippen LogP contribution in [0.3, 0.4) is 0 Å². The molecule has 2 heterocycles. The summed E-state index contributed by atoms with van der Waals surface area (Å²) in [6.07, 6.45) is 2.42. The van der Waals surface area contributed by atoms with E-state index in [0.29, 0.717) is 6.04 Å². The van der Waals surface area contributed by atoms with E-state index in [1.165, 1.54) is 12.8 Å². The molecule has 1 fully saturated rings. The molecule has 0 radical (unpaired) electrons. The first-order valence-corrected chi connectivity index (χ1v) is 7.66. The summed E-state index contributed by atoms with van der Waals surface area (Å²) in [5.41, 5.74) is 0. The molecule has 1 aromatic rings. The van der Waals surface area contributed by atoms with E-state index < -0.39 is 0 Å². The molecule has 1 aromatic heterocycles. The lowest BCUT2D eigenvalue weighted by Gasteiger charge is -2.34. The Bertz CT molecular complexity index is 368. The van der Waals surface area contributed by atoms with E-state index in [9.17, 15) is 0 Å². The van der Waals surface area contributed by atoms with Crippen LogP contribution in [-0.2, 0) is 0 Å². The van der Waals surface area contributed by atoms with Gasteiger partial charge < -0.3 is 9.73 Å². The van der Waals surface area contributed by atoms with Gasteiger partial charge in [-0.1, -0.05) is 13.8 Å². The highest BCUT2D eigenvalue weighted by atomic mass is 79.9. The van der Waals surface area contributed by atoms with Crippen molar-refractivity contribution in [2.45, 2.75) is 32.7 Å². The number of piperazine rings is 1. The minimum Gasteiger partial charge on any atom is -0.453 e. The van der Waals surface area contributed by atoms with Crippen molar-refractivity contribution in [2.24, 2.45) is 5.92 Å². The molecule has 0 unspecified atom stereocenters. The Morgan fingerprint density at radius 1 is 1.20 bits per heavy atom. The predicted octanol–water partition coefficient (Wildman–Crippen LogP) is 4.27. The van der Waals surface area contributed by atoms with Crippen molar-refractivity contribution in [1.82, 2.24) is 10.2 Å². The molecule has 1 aliphatic heterocycles. The average molecular weight is 388 g/mol. The van der Waals surface area contributed by atoms with Crippen LogP contribution >= 0.6 is 40.7 Å². The van der Waals surface area contributed by atoms with Gasteiger partial charge in [-0.05, 0) is 46.8 Å². The van der Waals surface area contributed by atoms with Crippen LogP contribution in [0.15, 0.2) is 21.2 Å². The van der Waals surface area contributed by atoms with Crippen molar-refractivity contribution < 1.29 is 4.42 Å². The van der Waals surface area contributed by atoms with Crippen molar-refractivity contribution in [3.63, 3.8) is 0 Å². The maximum absolute atomic E-state index is 5.79. The topological polar surface area (TPSA) is 28.4 Å². The normalized spacial score (nSPS) is 17.4. The Balaban J connectivity index is 0.00000180. The second-order valence-electron chi connectivity index (χ2n) is 5.41. The van der Waals surface area contributed by atoms with Crippen LogP contribution in [0.25, 0.3) is 0 Å². The third kappa shape index (κ3) is 5.94. The standard InChI is InChI=1S/C14H23BrN2O.2ClH/c1-11(2)3-4-12(13-5-6-14(15)18-13)17-9-7-16-8-10-17;;/h5-6,11-12,16H,3-4,7-10H2,1-2H3;2*1H/t12-;;/m0../s1. The zero-order valence-electron chi connectivity index (χ0n) is 12.1. The van der Waals surface area contributed by atoms with Crippen molar-refractivity contribution in [2.75, 3.05) is 26.2 Å². The van der Waals surface area contributed by atoms with E-state index in [1.54, 1.807) is 0 Å². The zero-order valence-corrected chi connectivity index (χ0v) is 15.3. The van der Waals surface area contributed by atoms with Gasteiger partial charge in [-0.3, -0.25) is 4.90 Å². The summed E-state index contributed by atoms with van der Waals surface area (Å²) in [6, 6.07) is 4.54. The molecule has 1 aliphatic rings. The molecule has 0 saturated carbocycles. The van der Waals surface area contributed by atoms with Gasteiger partial charge in [0, 0.05) is 26.2 Å². The Kier molecular flexibility index (Phi) is 10.2. The van der Waals surface area contributed by atoms with Gasteiger partial charge in [0.15, 0.2) is 4.67 Å². The lowest BCUT2D eigenvalue weighted by Crippen LogP contribution is -2.45. The molecule has 1 saturated heterocycles. The maximum Gasteiger partial charge on any atom is 0.169 e.